The molecule has 0 amide bonds. The minimum absolute atomic E-state index is 0.180. The summed E-state index contributed by atoms with van der Waals surface area (Å²) in [7, 11) is 0. The topological polar surface area (TPSA) is 20.2 Å². The van der Waals surface area contributed by atoms with Crippen molar-refractivity contribution in [2.75, 3.05) is 0 Å². The fourth-order valence-corrected chi connectivity index (χ4v) is 2.14. The molecule has 3 unspecified atom stereocenters. The first-order valence-corrected chi connectivity index (χ1v) is 4.67. The number of hydrogen-bond acceptors (Lipinski definition) is 1. The highest BCUT2D eigenvalue weighted by molar-refractivity contribution is 4.83. The molecule has 0 saturated heterocycles. The highest BCUT2D eigenvalue weighted by atomic mass is 19.4. The molecule has 1 saturated carbocycles. The van der Waals surface area contributed by atoms with Crippen LogP contribution in [0.2, 0.25) is 0 Å². The number of hydrogen-bond donors (Lipinski definition) is 1. The average molecular weight is 196 g/mol. The predicted octanol–water partition coefficient (Wildman–Crippen LogP) is 2.74. The Bertz CT molecular complexity index is 165. The van der Waals surface area contributed by atoms with Crippen molar-refractivity contribution in [3.8, 4) is 0 Å². The molecule has 4 heteroatoms. The van der Waals surface area contributed by atoms with Gasteiger partial charge >= 0.3 is 6.18 Å². The van der Waals surface area contributed by atoms with E-state index in [0.29, 0.717) is 12.8 Å². The van der Waals surface area contributed by atoms with E-state index in [1.807, 2.05) is 0 Å². The summed E-state index contributed by atoms with van der Waals surface area (Å²) in [5, 5.41) is 9.21. The SMILES string of the molecule is CC(O)C1CCCCC1C(F)(F)F. The zero-order chi connectivity index (χ0) is 10.1. The molecule has 0 aromatic rings. The van der Waals surface area contributed by atoms with Gasteiger partial charge in [0.25, 0.3) is 0 Å². The van der Waals surface area contributed by atoms with Crippen LogP contribution in [0.3, 0.4) is 0 Å². The monoisotopic (exact) mass is 196 g/mol. The molecule has 1 N–H and O–H groups in total. The maximum atomic E-state index is 12.4. The minimum Gasteiger partial charge on any atom is -0.393 e. The maximum Gasteiger partial charge on any atom is 0.392 e. The van der Waals surface area contributed by atoms with Crippen molar-refractivity contribution in [2.45, 2.75) is 44.9 Å². The first kappa shape index (κ1) is 10.8. The summed E-state index contributed by atoms with van der Waals surface area (Å²) in [4.78, 5) is 0. The van der Waals surface area contributed by atoms with Crippen LogP contribution in [0.5, 0.6) is 0 Å². The predicted molar refractivity (Wildman–Crippen MR) is 43.2 cm³/mol. The number of halogens is 3. The molecule has 3 atom stereocenters. The molecule has 1 aliphatic rings. The third-order valence-corrected chi connectivity index (χ3v) is 2.86. The second-order valence-electron chi connectivity index (χ2n) is 3.84. The van der Waals surface area contributed by atoms with Gasteiger partial charge in [0.15, 0.2) is 0 Å². The molecule has 0 radical (unpaired) electrons. The van der Waals surface area contributed by atoms with Crippen LogP contribution in [0.25, 0.3) is 0 Å². The van der Waals surface area contributed by atoms with Crippen LogP contribution in [0.1, 0.15) is 32.6 Å². The van der Waals surface area contributed by atoms with E-state index in [1.54, 1.807) is 0 Å². The van der Waals surface area contributed by atoms with Crippen LogP contribution in [-0.2, 0) is 0 Å². The normalized spacial score (nSPS) is 33.0. The van der Waals surface area contributed by atoms with E-state index in [-0.39, 0.29) is 6.42 Å². The zero-order valence-electron chi connectivity index (χ0n) is 7.64. The van der Waals surface area contributed by atoms with Gasteiger partial charge in [0.2, 0.25) is 0 Å². The lowest BCUT2D eigenvalue weighted by molar-refractivity contribution is -0.205. The van der Waals surface area contributed by atoms with Gasteiger partial charge in [0.1, 0.15) is 0 Å². The summed E-state index contributed by atoms with van der Waals surface area (Å²) < 4.78 is 37.3. The molecule has 1 rings (SSSR count). The van der Waals surface area contributed by atoms with E-state index in [2.05, 4.69) is 0 Å². The number of alkyl halides is 3. The molecule has 78 valence electrons. The molecule has 1 aliphatic carbocycles. The minimum atomic E-state index is -4.14. The molecule has 1 nitrogen and oxygen atoms in total. The summed E-state index contributed by atoms with van der Waals surface area (Å²) in [6, 6.07) is 0. The molecule has 0 spiro atoms. The Kier molecular flexibility index (Phi) is 3.22. The standard InChI is InChI=1S/C9H15F3O/c1-6(13)7-4-2-3-5-8(7)9(10,11)12/h6-8,13H,2-5H2,1H3. The van der Waals surface area contributed by atoms with Crippen molar-refractivity contribution in [2.24, 2.45) is 11.8 Å². The lowest BCUT2D eigenvalue weighted by Crippen LogP contribution is -2.38. The second-order valence-corrected chi connectivity index (χ2v) is 3.84. The average Bonchev–Trinajstić information content (AvgIpc) is 2.03. The lowest BCUT2D eigenvalue weighted by atomic mass is 9.76. The highest BCUT2D eigenvalue weighted by Crippen LogP contribution is 2.42. The molecule has 0 aromatic carbocycles. The van der Waals surface area contributed by atoms with Crippen molar-refractivity contribution >= 4 is 0 Å². The summed E-state index contributed by atoms with van der Waals surface area (Å²) in [5.74, 6) is -1.88. The summed E-state index contributed by atoms with van der Waals surface area (Å²) in [6.45, 7) is 1.45. The second kappa shape index (κ2) is 3.86. The molecular weight excluding hydrogens is 181 g/mol. The van der Waals surface area contributed by atoms with Crippen LogP contribution in [0.4, 0.5) is 13.2 Å². The Balaban J connectivity index is 2.67. The smallest absolute Gasteiger partial charge is 0.392 e. The number of rotatable bonds is 1. The first-order chi connectivity index (χ1) is 5.93. The Morgan fingerprint density at radius 1 is 1.23 bits per heavy atom. The van der Waals surface area contributed by atoms with Crippen molar-refractivity contribution in [1.82, 2.24) is 0 Å². The van der Waals surface area contributed by atoms with Gasteiger partial charge in [-0.25, -0.2) is 0 Å². The molecule has 0 aromatic heterocycles. The van der Waals surface area contributed by atoms with Crippen molar-refractivity contribution < 1.29 is 18.3 Å². The number of aliphatic hydroxyl groups is 1. The Morgan fingerprint density at radius 3 is 2.15 bits per heavy atom. The van der Waals surface area contributed by atoms with Gasteiger partial charge in [-0.1, -0.05) is 12.8 Å². The van der Waals surface area contributed by atoms with Crippen LogP contribution in [0, 0.1) is 11.8 Å². The molecule has 0 bridgehead atoms. The van der Waals surface area contributed by atoms with Crippen LogP contribution >= 0.6 is 0 Å². The van der Waals surface area contributed by atoms with Gasteiger partial charge in [-0.3, -0.25) is 0 Å². The van der Waals surface area contributed by atoms with Crippen molar-refractivity contribution in [1.29, 1.82) is 0 Å². The Labute approximate surface area is 75.9 Å². The van der Waals surface area contributed by atoms with Gasteiger partial charge in [0, 0.05) is 0 Å². The van der Waals surface area contributed by atoms with Crippen LogP contribution < -0.4 is 0 Å². The third-order valence-electron chi connectivity index (χ3n) is 2.86. The molecule has 0 aliphatic heterocycles. The fraction of sp³-hybridized carbons (Fsp3) is 1.00. The quantitative estimate of drug-likeness (QED) is 0.683. The maximum absolute atomic E-state index is 12.4. The van der Waals surface area contributed by atoms with Gasteiger partial charge in [-0.05, 0) is 25.7 Å². The summed E-state index contributed by atoms with van der Waals surface area (Å²) >= 11 is 0. The fourth-order valence-electron chi connectivity index (χ4n) is 2.14. The van der Waals surface area contributed by atoms with E-state index >= 15 is 0 Å². The van der Waals surface area contributed by atoms with E-state index < -0.39 is 24.1 Å². The Hall–Kier alpha value is -0.250. The van der Waals surface area contributed by atoms with Gasteiger partial charge in [-0.2, -0.15) is 13.2 Å². The zero-order valence-corrected chi connectivity index (χ0v) is 7.64. The third kappa shape index (κ3) is 2.59. The largest absolute Gasteiger partial charge is 0.393 e. The van der Waals surface area contributed by atoms with E-state index in [0.717, 1.165) is 6.42 Å². The van der Waals surface area contributed by atoms with E-state index in [4.69, 9.17) is 0 Å². The van der Waals surface area contributed by atoms with E-state index in [9.17, 15) is 18.3 Å². The molecular formula is C9H15F3O. The molecule has 13 heavy (non-hydrogen) atoms. The van der Waals surface area contributed by atoms with Crippen molar-refractivity contribution in [3.63, 3.8) is 0 Å². The first-order valence-electron chi connectivity index (χ1n) is 4.67. The number of aliphatic hydroxyl groups excluding tert-OH is 1. The van der Waals surface area contributed by atoms with Gasteiger partial charge < -0.3 is 5.11 Å². The van der Waals surface area contributed by atoms with Crippen molar-refractivity contribution in [3.05, 3.63) is 0 Å². The van der Waals surface area contributed by atoms with E-state index in [1.165, 1.54) is 6.92 Å². The lowest BCUT2D eigenvalue weighted by Gasteiger charge is -2.34. The van der Waals surface area contributed by atoms with Gasteiger partial charge in [-0.15, -0.1) is 0 Å². The van der Waals surface area contributed by atoms with Crippen LogP contribution in [0.15, 0.2) is 0 Å². The highest BCUT2D eigenvalue weighted by Gasteiger charge is 2.46. The molecule has 1 fully saturated rings. The summed E-state index contributed by atoms with van der Waals surface area (Å²) in [5.41, 5.74) is 0. The summed E-state index contributed by atoms with van der Waals surface area (Å²) in [6.07, 6.45) is -2.86. The van der Waals surface area contributed by atoms with Gasteiger partial charge in [0.05, 0.1) is 12.0 Å². The van der Waals surface area contributed by atoms with Crippen LogP contribution in [-0.4, -0.2) is 17.4 Å². The Morgan fingerprint density at radius 2 is 1.77 bits per heavy atom. The molecule has 0 heterocycles.